The average Bonchev–Trinajstić information content (AvgIpc) is 2.38. The van der Waals surface area contributed by atoms with E-state index in [2.05, 4.69) is 37.9 Å². The second-order valence-corrected chi connectivity index (χ2v) is 7.03. The first-order valence-electron chi connectivity index (χ1n) is 6.86. The lowest BCUT2D eigenvalue weighted by Crippen LogP contribution is -2.11. The Labute approximate surface area is 135 Å². The summed E-state index contributed by atoms with van der Waals surface area (Å²) in [6, 6.07) is 9.86. The van der Waals surface area contributed by atoms with Crippen LogP contribution in [-0.2, 0) is 11.8 Å². The molecule has 4 heteroatoms. The number of aliphatic hydroxyl groups excluding tert-OH is 1. The zero-order valence-electron chi connectivity index (χ0n) is 12.4. The summed E-state index contributed by atoms with van der Waals surface area (Å²) in [5.74, 6) is 0. The van der Waals surface area contributed by atoms with Gasteiger partial charge in [0.05, 0.1) is 15.7 Å². The average molecular weight is 324 g/mol. The monoisotopic (exact) mass is 323 g/mol. The minimum absolute atomic E-state index is 0.123. The number of benzene rings is 1. The van der Waals surface area contributed by atoms with Gasteiger partial charge in [0.1, 0.15) is 6.10 Å². The van der Waals surface area contributed by atoms with Crippen LogP contribution in [0.15, 0.2) is 36.5 Å². The number of halogens is 2. The number of nitrogens with zero attached hydrogens (tertiary/aromatic N) is 1. The first-order chi connectivity index (χ1) is 9.77. The summed E-state index contributed by atoms with van der Waals surface area (Å²) in [5, 5.41) is 11.1. The highest BCUT2D eigenvalue weighted by atomic mass is 35.5. The smallest absolute Gasteiger partial charge is 0.101 e. The van der Waals surface area contributed by atoms with Gasteiger partial charge in [0.15, 0.2) is 0 Å². The molecule has 0 amide bonds. The van der Waals surface area contributed by atoms with E-state index in [1.54, 1.807) is 6.07 Å². The van der Waals surface area contributed by atoms with Gasteiger partial charge in [-0.1, -0.05) is 68.2 Å². The topological polar surface area (TPSA) is 33.1 Å². The van der Waals surface area contributed by atoms with Crippen molar-refractivity contribution in [3.05, 3.63) is 63.4 Å². The summed E-state index contributed by atoms with van der Waals surface area (Å²) in [6.45, 7) is 6.52. The van der Waals surface area contributed by atoms with Crippen molar-refractivity contribution in [2.45, 2.75) is 38.7 Å². The zero-order valence-corrected chi connectivity index (χ0v) is 13.9. The van der Waals surface area contributed by atoms with E-state index in [0.29, 0.717) is 22.2 Å². The minimum Gasteiger partial charge on any atom is -0.386 e. The van der Waals surface area contributed by atoms with Gasteiger partial charge in [-0.3, -0.25) is 4.98 Å². The van der Waals surface area contributed by atoms with Gasteiger partial charge in [0.2, 0.25) is 0 Å². The fourth-order valence-corrected chi connectivity index (χ4v) is 2.64. The van der Waals surface area contributed by atoms with Crippen LogP contribution in [0.2, 0.25) is 10.0 Å². The van der Waals surface area contributed by atoms with Crippen LogP contribution in [0.1, 0.15) is 43.7 Å². The van der Waals surface area contributed by atoms with Crippen LogP contribution in [0.4, 0.5) is 0 Å². The van der Waals surface area contributed by atoms with Gasteiger partial charge in [-0.2, -0.15) is 0 Å². The fraction of sp³-hybridized carbons (Fsp3) is 0.353. The van der Waals surface area contributed by atoms with Gasteiger partial charge < -0.3 is 5.11 Å². The van der Waals surface area contributed by atoms with Crippen molar-refractivity contribution in [3.63, 3.8) is 0 Å². The van der Waals surface area contributed by atoms with Crippen molar-refractivity contribution < 1.29 is 5.11 Å². The lowest BCUT2D eigenvalue weighted by molar-refractivity contribution is 0.173. The number of hydrogen-bond acceptors (Lipinski definition) is 2. The molecule has 1 unspecified atom stereocenters. The second-order valence-electron chi connectivity index (χ2n) is 6.19. The highest BCUT2D eigenvalue weighted by molar-refractivity contribution is 6.34. The highest BCUT2D eigenvalue weighted by Gasteiger charge is 2.16. The maximum atomic E-state index is 10.3. The zero-order chi connectivity index (χ0) is 15.6. The Balaban J connectivity index is 2.14. The summed E-state index contributed by atoms with van der Waals surface area (Å²) in [7, 11) is 0. The van der Waals surface area contributed by atoms with E-state index in [4.69, 9.17) is 23.2 Å². The SMILES string of the molecule is CC(C)(C)c1ccc(CC(O)c2ncc(Cl)cc2Cl)cc1. The molecule has 1 aromatic heterocycles. The molecule has 1 heterocycles. The number of rotatable bonds is 3. The molecular weight excluding hydrogens is 305 g/mol. The van der Waals surface area contributed by atoms with Crippen molar-refractivity contribution in [2.75, 3.05) is 0 Å². The van der Waals surface area contributed by atoms with Crippen LogP contribution in [0.25, 0.3) is 0 Å². The molecule has 112 valence electrons. The fourth-order valence-electron chi connectivity index (χ4n) is 2.13. The van der Waals surface area contributed by atoms with Gasteiger partial charge in [-0.25, -0.2) is 0 Å². The Hall–Kier alpha value is -1.09. The van der Waals surface area contributed by atoms with Crippen molar-refractivity contribution in [3.8, 4) is 0 Å². The maximum Gasteiger partial charge on any atom is 0.101 e. The molecule has 0 saturated heterocycles. The normalized spacial score (nSPS) is 13.2. The largest absolute Gasteiger partial charge is 0.386 e. The molecule has 1 N–H and O–H groups in total. The standard InChI is InChI=1S/C17H19Cl2NO/c1-17(2,3)12-6-4-11(5-7-12)8-15(21)16-14(19)9-13(18)10-20-16/h4-7,9-10,15,21H,8H2,1-3H3. The first-order valence-corrected chi connectivity index (χ1v) is 7.61. The molecule has 0 spiro atoms. The third-order valence-corrected chi connectivity index (χ3v) is 3.91. The Morgan fingerprint density at radius 3 is 2.29 bits per heavy atom. The van der Waals surface area contributed by atoms with Crippen molar-refractivity contribution in [1.29, 1.82) is 0 Å². The molecule has 0 aliphatic heterocycles. The van der Waals surface area contributed by atoms with E-state index >= 15 is 0 Å². The van der Waals surface area contributed by atoms with E-state index in [1.807, 2.05) is 12.1 Å². The molecule has 0 radical (unpaired) electrons. The van der Waals surface area contributed by atoms with Crippen LogP contribution in [0.5, 0.6) is 0 Å². The molecule has 0 aliphatic carbocycles. The molecule has 21 heavy (non-hydrogen) atoms. The Morgan fingerprint density at radius 1 is 1.14 bits per heavy atom. The summed E-state index contributed by atoms with van der Waals surface area (Å²) < 4.78 is 0. The lowest BCUT2D eigenvalue weighted by atomic mass is 9.86. The van der Waals surface area contributed by atoms with Crippen LogP contribution in [-0.4, -0.2) is 10.1 Å². The Bertz CT molecular complexity index is 618. The maximum absolute atomic E-state index is 10.3. The van der Waals surface area contributed by atoms with Gasteiger partial charge in [0, 0.05) is 12.6 Å². The quantitative estimate of drug-likeness (QED) is 0.865. The predicted octanol–water partition coefficient (Wildman–Crippen LogP) is 4.96. The third-order valence-electron chi connectivity index (χ3n) is 3.40. The molecule has 0 saturated carbocycles. The third kappa shape index (κ3) is 4.19. The summed E-state index contributed by atoms with van der Waals surface area (Å²) in [6.07, 6.45) is 1.23. The molecule has 1 atom stereocenters. The van der Waals surface area contributed by atoms with E-state index in [1.165, 1.54) is 11.8 Å². The molecular formula is C17H19Cl2NO. The van der Waals surface area contributed by atoms with Crippen LogP contribution in [0, 0.1) is 0 Å². The molecule has 0 bridgehead atoms. The van der Waals surface area contributed by atoms with Crippen LogP contribution < -0.4 is 0 Å². The van der Waals surface area contributed by atoms with E-state index < -0.39 is 6.10 Å². The Morgan fingerprint density at radius 2 is 1.76 bits per heavy atom. The van der Waals surface area contributed by atoms with Gasteiger partial charge in [-0.15, -0.1) is 0 Å². The molecule has 0 fully saturated rings. The molecule has 2 nitrogen and oxygen atoms in total. The van der Waals surface area contributed by atoms with Crippen LogP contribution >= 0.6 is 23.2 Å². The lowest BCUT2D eigenvalue weighted by Gasteiger charge is -2.19. The molecule has 2 rings (SSSR count). The number of hydrogen-bond donors (Lipinski definition) is 1. The van der Waals surface area contributed by atoms with Gasteiger partial charge >= 0.3 is 0 Å². The summed E-state index contributed by atoms with van der Waals surface area (Å²) in [5.41, 5.74) is 2.89. The van der Waals surface area contributed by atoms with Crippen molar-refractivity contribution in [1.82, 2.24) is 4.98 Å². The van der Waals surface area contributed by atoms with Crippen molar-refractivity contribution >= 4 is 23.2 Å². The van der Waals surface area contributed by atoms with E-state index in [-0.39, 0.29) is 5.41 Å². The molecule has 1 aromatic carbocycles. The molecule has 0 aliphatic rings. The summed E-state index contributed by atoms with van der Waals surface area (Å²) in [4.78, 5) is 4.12. The van der Waals surface area contributed by atoms with Gasteiger partial charge in [-0.05, 0) is 22.6 Å². The number of pyridine rings is 1. The van der Waals surface area contributed by atoms with Crippen molar-refractivity contribution in [2.24, 2.45) is 0 Å². The summed E-state index contributed by atoms with van der Waals surface area (Å²) >= 11 is 11.9. The predicted molar refractivity (Wildman–Crippen MR) is 88.1 cm³/mol. The van der Waals surface area contributed by atoms with E-state index in [9.17, 15) is 5.11 Å². The Kier molecular flexibility index (Phi) is 4.92. The van der Waals surface area contributed by atoms with Crippen LogP contribution in [0.3, 0.4) is 0 Å². The second kappa shape index (κ2) is 6.35. The number of aliphatic hydroxyl groups is 1. The highest BCUT2D eigenvalue weighted by Crippen LogP contribution is 2.27. The van der Waals surface area contributed by atoms with Gasteiger partial charge in [0.25, 0.3) is 0 Å². The first kappa shape index (κ1) is 16.3. The minimum atomic E-state index is -0.741. The number of aromatic nitrogens is 1. The van der Waals surface area contributed by atoms with E-state index in [0.717, 1.165) is 5.56 Å². The molecule has 2 aromatic rings.